The van der Waals surface area contributed by atoms with Crippen molar-refractivity contribution in [3.8, 4) is 11.5 Å². The minimum absolute atomic E-state index is 0.182. The highest BCUT2D eigenvalue weighted by molar-refractivity contribution is 7.94. The first-order valence-electron chi connectivity index (χ1n) is 14.7. The highest BCUT2D eigenvalue weighted by atomic mass is 32.2. The van der Waals surface area contributed by atoms with Crippen molar-refractivity contribution in [2.45, 2.75) is 61.6 Å². The summed E-state index contributed by atoms with van der Waals surface area (Å²) < 4.78 is 37.5. The van der Waals surface area contributed by atoms with Crippen molar-refractivity contribution in [2.75, 3.05) is 13.2 Å². The lowest BCUT2D eigenvalue weighted by molar-refractivity contribution is -0.135. The normalized spacial score (nSPS) is 20.2. The van der Waals surface area contributed by atoms with Gasteiger partial charge in [0.2, 0.25) is 0 Å². The molecule has 1 N–H and O–H groups in total. The fourth-order valence-corrected chi connectivity index (χ4v) is 7.98. The molecule has 1 aliphatic heterocycles. The van der Waals surface area contributed by atoms with Crippen molar-refractivity contribution in [3.63, 3.8) is 0 Å². The smallest absolute Gasteiger partial charge is 0.263 e. The van der Waals surface area contributed by atoms with Crippen molar-refractivity contribution in [3.05, 3.63) is 107 Å². The van der Waals surface area contributed by atoms with E-state index < -0.39 is 26.5 Å². The molecule has 7 nitrogen and oxygen atoms in total. The molecule has 1 amide bonds. The second-order valence-electron chi connectivity index (χ2n) is 10.9. The summed E-state index contributed by atoms with van der Waals surface area (Å²) in [6.07, 6.45) is 5.35. The predicted octanol–water partition coefficient (Wildman–Crippen LogP) is 6.40. The lowest BCUT2D eigenvalue weighted by Crippen LogP contribution is -2.49. The molecule has 0 spiro atoms. The van der Waals surface area contributed by atoms with Crippen molar-refractivity contribution in [1.29, 1.82) is 0 Å². The number of nitrogens with zero attached hydrogens (tertiary/aromatic N) is 1. The number of rotatable bonds is 9. The summed E-state index contributed by atoms with van der Waals surface area (Å²) in [6.45, 7) is 5.07. The fraction of sp³-hybridized carbons (Fsp3) is 0.324. The number of allylic oxidation sites excluding steroid dienone is 1. The number of sulfone groups is 1. The number of ether oxygens (including phenoxy) is 2. The zero-order valence-electron chi connectivity index (χ0n) is 24.0. The number of carbonyl (C=O) groups excluding carboxylic acids is 1. The van der Waals surface area contributed by atoms with Crippen molar-refractivity contribution in [1.82, 2.24) is 10.4 Å². The third-order valence-corrected chi connectivity index (χ3v) is 10.8. The quantitative estimate of drug-likeness (QED) is 0.313. The summed E-state index contributed by atoms with van der Waals surface area (Å²) in [6, 6.07) is 23.6. The van der Waals surface area contributed by atoms with Crippen LogP contribution in [0.4, 0.5) is 0 Å². The van der Waals surface area contributed by atoms with Gasteiger partial charge in [-0.25, -0.2) is 13.4 Å². The van der Waals surface area contributed by atoms with Gasteiger partial charge in [-0.3, -0.25) is 10.2 Å². The summed E-state index contributed by atoms with van der Waals surface area (Å²) in [5, 5.41) is 1.59. The molecule has 1 fully saturated rings. The Hall–Kier alpha value is -4.04. The largest absolute Gasteiger partial charge is 0.494 e. The first kappa shape index (κ1) is 28.1. The van der Waals surface area contributed by atoms with Gasteiger partial charge in [0.15, 0.2) is 14.6 Å². The molecule has 3 aromatic carbocycles. The van der Waals surface area contributed by atoms with E-state index in [0.717, 1.165) is 58.7 Å². The topological polar surface area (TPSA) is 84.9 Å². The maximum atomic E-state index is 14.4. The van der Waals surface area contributed by atoms with Gasteiger partial charge in [-0.05, 0) is 111 Å². The maximum absolute atomic E-state index is 14.4. The van der Waals surface area contributed by atoms with Gasteiger partial charge in [0.1, 0.15) is 17.5 Å². The summed E-state index contributed by atoms with van der Waals surface area (Å²) in [7, 11) is -3.88. The number of nitrogens with one attached hydrogen (secondary N) is 1. The Bertz CT molecular complexity index is 1620. The van der Waals surface area contributed by atoms with Crippen LogP contribution in [0.15, 0.2) is 101 Å². The van der Waals surface area contributed by atoms with E-state index in [1.54, 1.807) is 35.3 Å². The summed E-state index contributed by atoms with van der Waals surface area (Å²) >= 11 is 0. The van der Waals surface area contributed by atoms with E-state index in [1.165, 1.54) is 0 Å². The number of amides is 1. The number of carbonyl (C=O) groups is 1. The van der Waals surface area contributed by atoms with Gasteiger partial charge in [-0.2, -0.15) is 0 Å². The van der Waals surface area contributed by atoms with Crippen LogP contribution in [0.3, 0.4) is 0 Å². The highest BCUT2D eigenvalue weighted by Crippen LogP contribution is 2.52. The van der Waals surface area contributed by atoms with Crippen LogP contribution >= 0.6 is 0 Å². The standard InChI is InChI=1S/C34H36N2O5S/c1-3-40-27-17-13-24(14-18-27)23-26-9-8-12-30-31(26)35-36(32(30)25-15-19-28(20-16-25)41-4-2)33(37)34(21-22-34)42(38,39)29-10-6-5-7-11-29/h5-7,10-11,13-20,23,32,35H,3-4,8-9,12,21-22H2,1-2H3/b26-23+/t32-/m1/s1. The van der Waals surface area contributed by atoms with Crippen LogP contribution < -0.4 is 14.9 Å². The molecule has 6 rings (SSSR count). The fourth-order valence-electron chi connectivity index (χ4n) is 6.04. The second-order valence-corrected chi connectivity index (χ2v) is 13.2. The summed E-state index contributed by atoms with van der Waals surface area (Å²) in [4.78, 5) is 14.6. The Balaban J connectivity index is 1.39. The summed E-state index contributed by atoms with van der Waals surface area (Å²) in [5.74, 6) is 1.17. The van der Waals surface area contributed by atoms with Gasteiger partial charge in [0.05, 0.1) is 23.8 Å². The van der Waals surface area contributed by atoms with E-state index in [9.17, 15) is 13.2 Å². The first-order chi connectivity index (χ1) is 20.4. The Kier molecular flexibility index (Phi) is 7.58. The first-order valence-corrected chi connectivity index (χ1v) is 16.2. The Morgan fingerprint density at radius 2 is 1.52 bits per heavy atom. The Labute approximate surface area is 247 Å². The van der Waals surface area contributed by atoms with E-state index in [1.807, 2.05) is 62.4 Å². The van der Waals surface area contributed by atoms with E-state index in [2.05, 4.69) is 11.5 Å². The molecule has 2 aliphatic carbocycles. The molecule has 218 valence electrons. The molecule has 3 aromatic rings. The predicted molar refractivity (Wildman–Crippen MR) is 162 cm³/mol. The van der Waals surface area contributed by atoms with Gasteiger partial charge in [-0.15, -0.1) is 0 Å². The van der Waals surface area contributed by atoms with Gasteiger partial charge in [-0.1, -0.05) is 42.5 Å². The van der Waals surface area contributed by atoms with E-state index in [4.69, 9.17) is 9.47 Å². The molecule has 1 heterocycles. The zero-order chi connectivity index (χ0) is 29.3. The number of hydrazine groups is 1. The Morgan fingerprint density at radius 1 is 0.905 bits per heavy atom. The molecule has 0 radical (unpaired) electrons. The minimum Gasteiger partial charge on any atom is -0.494 e. The van der Waals surface area contributed by atoms with Crippen LogP contribution in [-0.4, -0.2) is 37.3 Å². The van der Waals surface area contributed by atoms with Crippen molar-refractivity contribution >= 4 is 21.8 Å². The van der Waals surface area contributed by atoms with Crippen molar-refractivity contribution < 1.29 is 22.7 Å². The van der Waals surface area contributed by atoms with E-state index >= 15 is 0 Å². The third-order valence-electron chi connectivity index (χ3n) is 8.27. The molecule has 8 heteroatoms. The SMILES string of the molecule is CCOc1ccc(/C=C2\CCCC3=C2NN(C(=O)C2(S(=O)(=O)c4ccccc4)CC2)[C@@H]3c2ccc(OCC)cc2)cc1. The van der Waals surface area contributed by atoms with Crippen LogP contribution in [0, 0.1) is 0 Å². The van der Waals surface area contributed by atoms with Gasteiger partial charge >= 0.3 is 0 Å². The Morgan fingerprint density at radius 3 is 2.12 bits per heavy atom. The van der Waals surface area contributed by atoms with Crippen LogP contribution in [0.25, 0.3) is 6.08 Å². The number of hydrogen-bond donors (Lipinski definition) is 1. The highest BCUT2D eigenvalue weighted by Gasteiger charge is 2.64. The molecule has 3 aliphatic rings. The average Bonchev–Trinajstić information content (AvgIpc) is 3.75. The second kappa shape index (κ2) is 11.3. The molecule has 0 bridgehead atoms. The average molecular weight is 585 g/mol. The van der Waals surface area contributed by atoms with Crippen LogP contribution in [-0.2, 0) is 14.6 Å². The van der Waals surface area contributed by atoms with E-state index in [0.29, 0.717) is 26.1 Å². The van der Waals surface area contributed by atoms with Gasteiger partial charge in [0.25, 0.3) is 5.91 Å². The van der Waals surface area contributed by atoms with Crippen LogP contribution in [0.5, 0.6) is 11.5 Å². The third kappa shape index (κ3) is 4.98. The lowest BCUT2D eigenvalue weighted by Gasteiger charge is -2.30. The lowest BCUT2D eigenvalue weighted by atomic mass is 9.85. The molecule has 0 saturated heterocycles. The zero-order valence-corrected chi connectivity index (χ0v) is 24.8. The van der Waals surface area contributed by atoms with Gasteiger partial charge in [0, 0.05) is 0 Å². The van der Waals surface area contributed by atoms with Crippen LogP contribution in [0.2, 0.25) is 0 Å². The molecule has 1 saturated carbocycles. The number of benzene rings is 3. The molecule has 0 aromatic heterocycles. The molecular formula is C34H36N2O5S. The molecular weight excluding hydrogens is 548 g/mol. The summed E-state index contributed by atoms with van der Waals surface area (Å²) in [5.41, 5.74) is 8.49. The maximum Gasteiger partial charge on any atom is 0.263 e. The van der Waals surface area contributed by atoms with Gasteiger partial charge < -0.3 is 9.47 Å². The van der Waals surface area contributed by atoms with E-state index in [-0.39, 0.29) is 4.90 Å². The molecule has 1 atom stereocenters. The molecule has 0 unspecified atom stereocenters. The molecule has 42 heavy (non-hydrogen) atoms. The van der Waals surface area contributed by atoms with Crippen molar-refractivity contribution in [2.24, 2.45) is 0 Å². The van der Waals surface area contributed by atoms with Crippen LogP contribution in [0.1, 0.15) is 63.1 Å². The monoisotopic (exact) mass is 584 g/mol. The number of hydrogen-bond acceptors (Lipinski definition) is 6. The minimum atomic E-state index is -3.88.